The highest BCUT2D eigenvalue weighted by Crippen LogP contribution is 2.29. The van der Waals surface area contributed by atoms with Gasteiger partial charge in [-0.2, -0.15) is 10.2 Å². The summed E-state index contributed by atoms with van der Waals surface area (Å²) in [7, 11) is 0. The molecule has 0 fully saturated rings. The Morgan fingerprint density at radius 1 is 0.789 bits per heavy atom. The first-order valence-electron chi connectivity index (χ1n) is 6.47. The molecule has 98 valence electrons. The van der Waals surface area contributed by atoms with Crippen molar-refractivity contribution in [3.05, 3.63) is 59.2 Å². The molecule has 0 atom stereocenters. The minimum atomic E-state index is -0.448. The van der Waals surface area contributed by atoms with Crippen LogP contribution in [0, 0.1) is 27.7 Å². The highest BCUT2D eigenvalue weighted by Gasteiger charge is 2.34. The Balaban J connectivity index is 2.27. The van der Waals surface area contributed by atoms with E-state index in [0.29, 0.717) is 0 Å². The smallest absolute Gasteiger partial charge is 0.192 e. The molecule has 4 nitrogen and oxygen atoms in total. The zero-order chi connectivity index (χ0) is 13.6. The summed E-state index contributed by atoms with van der Waals surface area (Å²) in [6.45, 7) is 8.18. The molecular weight excluding hydrogens is 236 g/mol. The lowest BCUT2D eigenvalue weighted by Gasteiger charge is -2.29. The van der Waals surface area contributed by atoms with Crippen LogP contribution in [-0.2, 0) is 5.66 Å². The van der Waals surface area contributed by atoms with Crippen molar-refractivity contribution >= 4 is 0 Å². The van der Waals surface area contributed by atoms with Gasteiger partial charge in [0.25, 0.3) is 0 Å². The van der Waals surface area contributed by atoms with Gasteiger partial charge in [-0.3, -0.25) is 0 Å². The van der Waals surface area contributed by atoms with E-state index in [4.69, 9.17) is 0 Å². The summed E-state index contributed by atoms with van der Waals surface area (Å²) in [4.78, 5) is 0. The summed E-state index contributed by atoms with van der Waals surface area (Å²) in [5.41, 5.74) is 3.85. The second-order valence-corrected chi connectivity index (χ2v) is 5.18. The Morgan fingerprint density at radius 3 is 1.53 bits per heavy atom. The van der Waals surface area contributed by atoms with Crippen molar-refractivity contribution < 1.29 is 0 Å². The maximum absolute atomic E-state index is 4.64. The molecule has 2 aromatic heterocycles. The Bertz CT molecular complexity index is 625. The van der Waals surface area contributed by atoms with Gasteiger partial charge < -0.3 is 0 Å². The molecule has 0 bridgehead atoms. The van der Waals surface area contributed by atoms with Gasteiger partial charge in [0.15, 0.2) is 5.66 Å². The third kappa shape index (κ3) is 1.67. The number of aromatic nitrogens is 4. The van der Waals surface area contributed by atoms with Gasteiger partial charge in [0.2, 0.25) is 0 Å². The van der Waals surface area contributed by atoms with Gasteiger partial charge in [-0.1, -0.05) is 12.2 Å². The van der Waals surface area contributed by atoms with E-state index < -0.39 is 5.66 Å². The van der Waals surface area contributed by atoms with Crippen LogP contribution in [0.4, 0.5) is 0 Å². The molecule has 0 unspecified atom stereocenters. The molecule has 1 aliphatic rings. The first kappa shape index (κ1) is 12.0. The van der Waals surface area contributed by atoms with E-state index in [1.54, 1.807) is 0 Å². The van der Waals surface area contributed by atoms with Gasteiger partial charge in [-0.25, -0.2) is 9.36 Å². The van der Waals surface area contributed by atoms with Crippen molar-refractivity contribution in [2.24, 2.45) is 0 Å². The van der Waals surface area contributed by atoms with E-state index in [9.17, 15) is 0 Å². The molecule has 0 amide bonds. The van der Waals surface area contributed by atoms with Crippen molar-refractivity contribution in [1.82, 2.24) is 19.6 Å². The lowest BCUT2D eigenvalue weighted by atomic mass is 10.2. The molecule has 0 radical (unpaired) electrons. The summed E-state index contributed by atoms with van der Waals surface area (Å²) in [5.74, 6) is 0. The predicted molar refractivity (Wildman–Crippen MR) is 75.1 cm³/mol. The molecule has 2 aromatic rings. The normalized spacial score (nSPS) is 16.4. The van der Waals surface area contributed by atoms with Crippen molar-refractivity contribution in [3.8, 4) is 0 Å². The minimum Gasteiger partial charge on any atom is -0.235 e. The summed E-state index contributed by atoms with van der Waals surface area (Å²) in [6.07, 6.45) is 8.36. The molecule has 2 heterocycles. The Kier molecular flexibility index (Phi) is 2.49. The van der Waals surface area contributed by atoms with E-state index >= 15 is 0 Å². The van der Waals surface area contributed by atoms with Crippen LogP contribution in [0.5, 0.6) is 0 Å². The third-order valence-electron chi connectivity index (χ3n) is 3.49. The molecule has 19 heavy (non-hydrogen) atoms. The van der Waals surface area contributed by atoms with E-state index in [1.807, 2.05) is 35.4 Å². The third-order valence-corrected chi connectivity index (χ3v) is 3.49. The van der Waals surface area contributed by atoms with Crippen molar-refractivity contribution in [1.29, 1.82) is 0 Å². The molecule has 3 rings (SSSR count). The SMILES string of the molecule is Cc1cc(C)n(C2(n3nc(C)cc3C)C=CC=C2)n1. The Labute approximate surface area is 113 Å². The standard InChI is InChI=1S/C15H18N4/c1-11-9-13(3)18(16-11)15(7-5-6-8-15)19-14(4)10-12(2)17-19/h5-10H,1-4H3. The lowest BCUT2D eigenvalue weighted by Crippen LogP contribution is -2.39. The van der Waals surface area contributed by atoms with Crippen LogP contribution in [-0.4, -0.2) is 19.6 Å². The maximum Gasteiger partial charge on any atom is 0.192 e. The fraction of sp³-hybridized carbons (Fsp3) is 0.333. The summed E-state index contributed by atoms with van der Waals surface area (Å²) >= 11 is 0. The molecule has 1 aliphatic carbocycles. The molecule has 4 heteroatoms. The highest BCUT2D eigenvalue weighted by atomic mass is 15.5. The average Bonchev–Trinajstić information content (AvgIpc) is 3.00. The summed E-state index contributed by atoms with van der Waals surface area (Å²) < 4.78 is 4.06. The van der Waals surface area contributed by atoms with E-state index in [-0.39, 0.29) is 0 Å². The van der Waals surface area contributed by atoms with Gasteiger partial charge >= 0.3 is 0 Å². The topological polar surface area (TPSA) is 35.6 Å². The second-order valence-electron chi connectivity index (χ2n) is 5.18. The summed E-state index contributed by atoms with van der Waals surface area (Å²) in [5, 5.41) is 9.29. The van der Waals surface area contributed by atoms with E-state index in [1.165, 1.54) is 0 Å². The Hall–Kier alpha value is -2.10. The number of allylic oxidation sites excluding steroid dienone is 4. The van der Waals surface area contributed by atoms with Gasteiger partial charge in [-0.05, 0) is 52.0 Å². The summed E-state index contributed by atoms with van der Waals surface area (Å²) in [6, 6.07) is 4.18. The zero-order valence-electron chi connectivity index (χ0n) is 11.8. The second kappa shape index (κ2) is 3.95. The van der Waals surface area contributed by atoms with Gasteiger partial charge in [0.1, 0.15) is 0 Å². The largest absolute Gasteiger partial charge is 0.235 e. The molecular formula is C15H18N4. The first-order chi connectivity index (χ1) is 9.03. The van der Waals surface area contributed by atoms with Crippen LogP contribution < -0.4 is 0 Å². The van der Waals surface area contributed by atoms with Crippen LogP contribution in [0.3, 0.4) is 0 Å². The van der Waals surface area contributed by atoms with Crippen LogP contribution in [0.25, 0.3) is 0 Å². The molecule has 0 spiro atoms. The van der Waals surface area contributed by atoms with E-state index in [2.05, 4.69) is 48.3 Å². The van der Waals surface area contributed by atoms with Crippen LogP contribution in [0.15, 0.2) is 36.4 Å². The lowest BCUT2D eigenvalue weighted by molar-refractivity contribution is 0.312. The number of hydrogen-bond acceptors (Lipinski definition) is 2. The Morgan fingerprint density at radius 2 is 1.21 bits per heavy atom. The number of rotatable bonds is 2. The van der Waals surface area contributed by atoms with Crippen molar-refractivity contribution in [2.45, 2.75) is 33.4 Å². The number of nitrogens with zero attached hydrogens (tertiary/aromatic N) is 4. The number of hydrogen-bond donors (Lipinski definition) is 0. The molecule has 0 saturated carbocycles. The van der Waals surface area contributed by atoms with Crippen LogP contribution in [0.2, 0.25) is 0 Å². The zero-order valence-corrected chi connectivity index (χ0v) is 11.8. The fourth-order valence-corrected chi connectivity index (χ4v) is 2.81. The maximum atomic E-state index is 4.64. The fourth-order valence-electron chi connectivity index (χ4n) is 2.81. The quantitative estimate of drug-likeness (QED) is 0.826. The molecule has 0 aliphatic heterocycles. The van der Waals surface area contributed by atoms with E-state index in [0.717, 1.165) is 22.8 Å². The van der Waals surface area contributed by atoms with Gasteiger partial charge in [0.05, 0.1) is 11.4 Å². The van der Waals surface area contributed by atoms with Crippen LogP contribution in [0.1, 0.15) is 22.8 Å². The predicted octanol–water partition coefficient (Wildman–Crippen LogP) is 2.64. The van der Waals surface area contributed by atoms with Crippen molar-refractivity contribution in [3.63, 3.8) is 0 Å². The first-order valence-corrected chi connectivity index (χ1v) is 6.47. The average molecular weight is 254 g/mol. The number of aryl methyl sites for hydroxylation is 4. The van der Waals surface area contributed by atoms with Crippen molar-refractivity contribution in [2.75, 3.05) is 0 Å². The molecule has 0 saturated heterocycles. The molecule has 0 N–H and O–H groups in total. The van der Waals surface area contributed by atoms with Crippen LogP contribution >= 0.6 is 0 Å². The van der Waals surface area contributed by atoms with Gasteiger partial charge in [0, 0.05) is 11.4 Å². The minimum absolute atomic E-state index is 0.448. The monoisotopic (exact) mass is 254 g/mol. The van der Waals surface area contributed by atoms with Gasteiger partial charge in [-0.15, -0.1) is 0 Å². The molecule has 0 aromatic carbocycles. The highest BCUT2D eigenvalue weighted by molar-refractivity contribution is 5.31.